The van der Waals surface area contributed by atoms with Crippen LogP contribution in [0.15, 0.2) is 47.4 Å². The Hall–Kier alpha value is -2.82. The number of Topliss-reactive ketones (excluding diaryl/α,β-unsaturated/α-hetero) is 1. The van der Waals surface area contributed by atoms with Gasteiger partial charge in [-0.2, -0.15) is 13.2 Å². The summed E-state index contributed by atoms with van der Waals surface area (Å²) in [4.78, 5) is 26.6. The standard InChI is InChI=1S/C29H30F5NO4S/c1-27(31,29(32,33)34)20-4-10-24-17(13-20)3-9-23-18(14-25(36)19-15-26(37)35(2)16-19)11-12-28(23,24)40(38,39)22-7-5-21(30)6-8-22/h4-8,10,13,18-19,23H,3,9,11-12,14-16H2,1-2H3/t18-,19-,23-,27?,28-/m0/s1. The van der Waals surface area contributed by atoms with Gasteiger partial charge in [-0.1, -0.05) is 18.2 Å². The Morgan fingerprint density at radius 1 is 1.07 bits per heavy atom. The Bertz CT molecular complexity index is 1450. The van der Waals surface area contributed by atoms with Crippen LogP contribution in [0.4, 0.5) is 22.0 Å². The Balaban J connectivity index is 1.58. The molecular weight excluding hydrogens is 553 g/mol. The Morgan fingerprint density at radius 3 is 2.35 bits per heavy atom. The van der Waals surface area contributed by atoms with Crippen molar-refractivity contribution in [3.8, 4) is 0 Å². The summed E-state index contributed by atoms with van der Waals surface area (Å²) in [7, 11) is -2.60. The Morgan fingerprint density at radius 2 is 1.75 bits per heavy atom. The van der Waals surface area contributed by atoms with E-state index in [9.17, 15) is 40.0 Å². The minimum absolute atomic E-state index is 0.0845. The van der Waals surface area contributed by atoms with Crippen molar-refractivity contribution in [2.24, 2.45) is 17.8 Å². The van der Waals surface area contributed by atoms with Crippen molar-refractivity contribution in [2.75, 3.05) is 13.6 Å². The number of hydrogen-bond acceptors (Lipinski definition) is 4. The highest BCUT2D eigenvalue weighted by atomic mass is 32.2. The summed E-state index contributed by atoms with van der Waals surface area (Å²) >= 11 is 0. The van der Waals surface area contributed by atoms with Gasteiger partial charge in [-0.25, -0.2) is 17.2 Å². The third kappa shape index (κ3) is 4.35. The molecule has 0 bridgehead atoms. The average Bonchev–Trinajstić information content (AvgIpc) is 3.44. The second kappa shape index (κ2) is 9.63. The third-order valence-electron chi connectivity index (χ3n) is 9.28. The molecule has 0 aromatic heterocycles. The van der Waals surface area contributed by atoms with Crippen LogP contribution in [0.3, 0.4) is 0 Å². The number of likely N-dealkylation sites (tertiary alicyclic amines) is 1. The zero-order valence-corrected chi connectivity index (χ0v) is 22.9. The third-order valence-corrected chi connectivity index (χ3v) is 11.9. The quantitative estimate of drug-likeness (QED) is 0.326. The van der Waals surface area contributed by atoms with Crippen molar-refractivity contribution >= 4 is 21.5 Å². The highest BCUT2D eigenvalue weighted by Gasteiger charge is 2.61. The van der Waals surface area contributed by atoms with Crippen LogP contribution >= 0.6 is 0 Å². The summed E-state index contributed by atoms with van der Waals surface area (Å²) in [6, 6.07) is 7.80. The molecule has 3 aliphatic rings. The number of carbonyl (C=O) groups is 2. The minimum Gasteiger partial charge on any atom is -0.345 e. The van der Waals surface area contributed by atoms with E-state index in [4.69, 9.17) is 0 Å². The van der Waals surface area contributed by atoms with Crippen LogP contribution < -0.4 is 0 Å². The maximum absolute atomic E-state index is 14.9. The number of amides is 1. The van der Waals surface area contributed by atoms with Gasteiger partial charge >= 0.3 is 6.18 Å². The summed E-state index contributed by atoms with van der Waals surface area (Å²) < 4.78 is 96.1. The molecule has 1 saturated heterocycles. The molecule has 0 N–H and O–H groups in total. The Labute approximate surface area is 229 Å². The van der Waals surface area contributed by atoms with Crippen LogP contribution in [0.5, 0.6) is 0 Å². The molecule has 40 heavy (non-hydrogen) atoms. The van der Waals surface area contributed by atoms with Crippen molar-refractivity contribution in [3.63, 3.8) is 0 Å². The van der Waals surface area contributed by atoms with Gasteiger partial charge in [0.25, 0.3) is 0 Å². The number of fused-ring (bicyclic) bond motifs is 3. The summed E-state index contributed by atoms with van der Waals surface area (Å²) in [5.41, 5.74) is -3.60. The summed E-state index contributed by atoms with van der Waals surface area (Å²) in [6.45, 7) is 0.745. The SMILES string of the molecule is CN1C[C@@H](C(=O)C[C@@H]2CC[C@@]3(S(=O)(=O)c4ccc(F)cc4)c4ccc(C(C)(F)C(F)(F)F)cc4CC[C@@H]23)CC1=O. The minimum atomic E-state index is -5.16. The van der Waals surface area contributed by atoms with Crippen molar-refractivity contribution < 1.29 is 40.0 Å². The second-order valence-electron chi connectivity index (χ2n) is 11.5. The van der Waals surface area contributed by atoms with Gasteiger partial charge in [0.15, 0.2) is 9.84 Å². The fourth-order valence-corrected chi connectivity index (χ4v) is 9.50. The molecule has 11 heteroatoms. The lowest BCUT2D eigenvalue weighted by atomic mass is 9.71. The van der Waals surface area contributed by atoms with Crippen LogP contribution in [0.1, 0.15) is 55.7 Å². The molecule has 2 fully saturated rings. The van der Waals surface area contributed by atoms with Gasteiger partial charge in [-0.05, 0) is 85.4 Å². The van der Waals surface area contributed by atoms with Crippen LogP contribution in [-0.2, 0) is 36.3 Å². The number of sulfone groups is 1. The zero-order chi connectivity index (χ0) is 29.3. The molecule has 0 radical (unpaired) electrons. The van der Waals surface area contributed by atoms with E-state index in [-0.39, 0.29) is 54.6 Å². The second-order valence-corrected chi connectivity index (χ2v) is 13.7. The summed E-state index contributed by atoms with van der Waals surface area (Å²) in [5.74, 6) is -2.21. The van der Waals surface area contributed by atoms with Crippen LogP contribution in [0.25, 0.3) is 0 Å². The van der Waals surface area contributed by atoms with E-state index >= 15 is 0 Å². The first-order valence-electron chi connectivity index (χ1n) is 13.3. The summed E-state index contributed by atoms with van der Waals surface area (Å²) in [5, 5.41) is 0. The van der Waals surface area contributed by atoms with Gasteiger partial charge in [0.05, 0.1) is 4.90 Å². The van der Waals surface area contributed by atoms with Crippen molar-refractivity contribution in [3.05, 3.63) is 65.0 Å². The zero-order valence-electron chi connectivity index (χ0n) is 22.1. The molecule has 216 valence electrons. The number of ketones is 1. The first-order valence-corrected chi connectivity index (χ1v) is 14.7. The molecule has 5 rings (SSSR count). The maximum Gasteiger partial charge on any atom is 0.426 e. The van der Waals surface area contributed by atoms with E-state index in [0.717, 1.165) is 24.3 Å². The monoisotopic (exact) mass is 583 g/mol. The molecule has 1 aliphatic heterocycles. The molecule has 2 aliphatic carbocycles. The predicted molar refractivity (Wildman–Crippen MR) is 136 cm³/mol. The lowest BCUT2D eigenvalue weighted by molar-refractivity contribution is -0.228. The predicted octanol–water partition coefficient (Wildman–Crippen LogP) is 5.65. The van der Waals surface area contributed by atoms with E-state index in [0.29, 0.717) is 31.0 Å². The highest BCUT2D eigenvalue weighted by molar-refractivity contribution is 7.92. The van der Waals surface area contributed by atoms with E-state index in [2.05, 4.69) is 0 Å². The topological polar surface area (TPSA) is 71.5 Å². The number of hydrogen-bond donors (Lipinski definition) is 0. The van der Waals surface area contributed by atoms with E-state index in [1.165, 1.54) is 23.1 Å². The van der Waals surface area contributed by atoms with Crippen LogP contribution in [0, 0.1) is 23.6 Å². The number of rotatable bonds is 6. The smallest absolute Gasteiger partial charge is 0.345 e. The molecule has 1 saturated carbocycles. The molecular formula is C29H30F5NO4S. The van der Waals surface area contributed by atoms with Crippen molar-refractivity contribution in [1.29, 1.82) is 0 Å². The van der Waals surface area contributed by atoms with Crippen molar-refractivity contribution in [1.82, 2.24) is 4.90 Å². The number of carbonyl (C=O) groups excluding carboxylic acids is 2. The lowest BCUT2D eigenvalue weighted by Crippen LogP contribution is -2.45. The van der Waals surface area contributed by atoms with E-state index in [1.54, 1.807) is 7.05 Å². The number of benzene rings is 2. The largest absolute Gasteiger partial charge is 0.426 e. The molecule has 2 aromatic rings. The van der Waals surface area contributed by atoms with Gasteiger partial charge in [-0.15, -0.1) is 0 Å². The molecule has 1 heterocycles. The van der Waals surface area contributed by atoms with E-state index < -0.39 is 49.6 Å². The molecule has 1 unspecified atom stereocenters. The van der Waals surface area contributed by atoms with Gasteiger partial charge in [-0.3, -0.25) is 9.59 Å². The fourth-order valence-electron chi connectivity index (χ4n) is 7.00. The Kier molecular flexibility index (Phi) is 6.91. The first kappa shape index (κ1) is 28.7. The highest BCUT2D eigenvalue weighted by Crippen LogP contribution is 2.60. The van der Waals surface area contributed by atoms with Crippen LogP contribution in [0.2, 0.25) is 0 Å². The molecule has 1 amide bonds. The summed E-state index contributed by atoms with van der Waals surface area (Å²) in [6.07, 6.45) is -4.00. The maximum atomic E-state index is 14.9. The van der Waals surface area contributed by atoms with Gasteiger partial charge in [0.1, 0.15) is 16.3 Å². The lowest BCUT2D eigenvalue weighted by Gasteiger charge is -2.43. The fraction of sp³-hybridized carbons (Fsp3) is 0.517. The van der Waals surface area contributed by atoms with Gasteiger partial charge in [0, 0.05) is 32.4 Å². The van der Waals surface area contributed by atoms with Crippen LogP contribution in [-0.4, -0.2) is 44.8 Å². The number of aryl methyl sites for hydroxylation is 1. The number of halogens is 5. The molecule has 2 aromatic carbocycles. The molecule has 0 spiro atoms. The molecule has 5 nitrogen and oxygen atoms in total. The van der Waals surface area contributed by atoms with Gasteiger partial charge in [0.2, 0.25) is 11.6 Å². The molecule has 5 atom stereocenters. The van der Waals surface area contributed by atoms with Crippen molar-refractivity contribution in [2.45, 2.75) is 66.9 Å². The average molecular weight is 584 g/mol. The number of alkyl halides is 4. The van der Waals surface area contributed by atoms with E-state index in [1.807, 2.05) is 0 Å². The first-order chi connectivity index (χ1) is 18.6. The van der Waals surface area contributed by atoms with Gasteiger partial charge < -0.3 is 4.90 Å². The normalized spacial score (nSPS) is 28.2. The number of nitrogens with zero attached hydrogens (tertiary/aromatic N) is 1.